The molecule has 0 aromatic heterocycles. The quantitative estimate of drug-likeness (QED) is 0.579. The minimum atomic E-state index is -0.966. The molecule has 0 bridgehead atoms. The van der Waals surface area contributed by atoms with Crippen LogP contribution in [-0.4, -0.2) is 72.9 Å². The predicted molar refractivity (Wildman–Crippen MR) is 141 cm³/mol. The van der Waals surface area contributed by atoms with E-state index >= 15 is 0 Å². The van der Waals surface area contributed by atoms with E-state index in [0.29, 0.717) is 55.2 Å². The van der Waals surface area contributed by atoms with Crippen molar-refractivity contribution in [3.8, 4) is 17.2 Å². The first-order valence-electron chi connectivity index (χ1n) is 13.4. The van der Waals surface area contributed by atoms with Crippen molar-refractivity contribution >= 4 is 17.7 Å². The fraction of sp³-hybridized carbons (Fsp3) is 0.483. The Kier molecular flexibility index (Phi) is 7.65. The molecule has 1 N–H and O–H groups in total. The molecule has 1 atom stereocenters. The molecule has 3 heterocycles. The maximum absolute atomic E-state index is 13.9. The number of amides is 3. The summed E-state index contributed by atoms with van der Waals surface area (Å²) in [6.45, 7) is 5.48. The van der Waals surface area contributed by atoms with Gasteiger partial charge in [-0.15, -0.1) is 0 Å². The molecule has 2 fully saturated rings. The van der Waals surface area contributed by atoms with Crippen molar-refractivity contribution in [2.75, 3.05) is 33.6 Å². The minimum Gasteiger partial charge on any atom is -0.497 e. The van der Waals surface area contributed by atoms with Gasteiger partial charge in [0.15, 0.2) is 11.5 Å². The van der Waals surface area contributed by atoms with Crippen LogP contribution in [0.1, 0.15) is 49.0 Å². The van der Waals surface area contributed by atoms with Gasteiger partial charge in [0.05, 0.1) is 13.7 Å². The molecule has 10 nitrogen and oxygen atoms in total. The molecule has 2 saturated heterocycles. The number of piperidine rings is 1. The molecule has 0 unspecified atom stereocenters. The van der Waals surface area contributed by atoms with Crippen molar-refractivity contribution < 1.29 is 33.3 Å². The molecule has 39 heavy (non-hydrogen) atoms. The summed E-state index contributed by atoms with van der Waals surface area (Å²) in [7, 11) is 1.56. The Bertz CT molecular complexity index is 1220. The molecule has 2 aromatic rings. The summed E-state index contributed by atoms with van der Waals surface area (Å²) in [5, 5.41) is 2.96. The van der Waals surface area contributed by atoms with Crippen molar-refractivity contribution in [1.82, 2.24) is 15.1 Å². The van der Waals surface area contributed by atoms with Gasteiger partial charge in [-0.25, -0.2) is 0 Å². The lowest BCUT2D eigenvalue weighted by atomic mass is 9.96. The zero-order valence-electron chi connectivity index (χ0n) is 22.6. The van der Waals surface area contributed by atoms with Crippen LogP contribution < -0.4 is 19.5 Å². The Labute approximate surface area is 228 Å². The molecule has 208 valence electrons. The number of nitrogens with one attached hydrogen (secondary N) is 1. The molecule has 3 amide bonds. The number of hydrogen-bond donors (Lipinski definition) is 1. The summed E-state index contributed by atoms with van der Waals surface area (Å²) in [6.07, 6.45) is 1.35. The first-order chi connectivity index (χ1) is 18.8. The van der Waals surface area contributed by atoms with E-state index in [1.165, 1.54) is 0 Å². The third-order valence-electron chi connectivity index (χ3n) is 7.50. The molecule has 10 heteroatoms. The van der Waals surface area contributed by atoms with Crippen LogP contribution in [0.5, 0.6) is 17.2 Å². The lowest BCUT2D eigenvalue weighted by molar-refractivity contribution is -0.144. The number of hydrogen-bond acceptors (Lipinski definition) is 7. The van der Waals surface area contributed by atoms with Gasteiger partial charge < -0.3 is 29.2 Å². The normalized spacial score (nSPS) is 19.4. The average Bonchev–Trinajstić information content (AvgIpc) is 3.56. The van der Waals surface area contributed by atoms with E-state index in [-0.39, 0.29) is 43.6 Å². The average molecular weight is 538 g/mol. The predicted octanol–water partition coefficient (Wildman–Crippen LogP) is 2.95. The lowest BCUT2D eigenvalue weighted by Crippen LogP contribution is -2.59. The molecular weight excluding hydrogens is 502 g/mol. The van der Waals surface area contributed by atoms with Gasteiger partial charge in [-0.2, -0.15) is 0 Å². The Hall–Kier alpha value is -3.79. The van der Waals surface area contributed by atoms with Gasteiger partial charge in [-0.05, 0) is 47.9 Å². The fourth-order valence-electron chi connectivity index (χ4n) is 5.38. The van der Waals surface area contributed by atoms with Crippen molar-refractivity contribution in [2.45, 2.75) is 51.4 Å². The highest BCUT2D eigenvalue weighted by molar-refractivity contribution is 5.98. The highest BCUT2D eigenvalue weighted by Gasteiger charge is 2.54. The van der Waals surface area contributed by atoms with E-state index in [9.17, 15) is 14.4 Å². The number of nitrogens with zero attached hydrogens (tertiary/aromatic N) is 2. The van der Waals surface area contributed by atoms with Gasteiger partial charge in [-0.3, -0.25) is 19.3 Å². The van der Waals surface area contributed by atoms with Gasteiger partial charge in [0.25, 0.3) is 5.91 Å². The largest absolute Gasteiger partial charge is 0.497 e. The Morgan fingerprint density at radius 3 is 2.46 bits per heavy atom. The van der Waals surface area contributed by atoms with Gasteiger partial charge >= 0.3 is 0 Å². The number of likely N-dealkylation sites (tertiary alicyclic amines) is 1. The van der Waals surface area contributed by atoms with Crippen molar-refractivity contribution in [3.05, 3.63) is 53.6 Å². The second kappa shape index (κ2) is 11.1. The lowest BCUT2D eigenvalue weighted by Gasteiger charge is -2.44. The van der Waals surface area contributed by atoms with Gasteiger partial charge in [-0.1, -0.05) is 19.9 Å². The van der Waals surface area contributed by atoms with E-state index < -0.39 is 11.8 Å². The van der Waals surface area contributed by atoms with Gasteiger partial charge in [0, 0.05) is 44.5 Å². The van der Waals surface area contributed by atoms with Crippen LogP contribution in [-0.2, 0) is 20.9 Å². The highest BCUT2D eigenvalue weighted by Crippen LogP contribution is 2.39. The number of methoxy groups -OCH3 is 1. The number of rotatable bonds is 7. The summed E-state index contributed by atoms with van der Waals surface area (Å²) >= 11 is 0. The third-order valence-corrected chi connectivity index (χ3v) is 7.50. The second-order valence-electron chi connectivity index (χ2n) is 10.6. The maximum Gasteiger partial charge on any atom is 0.256 e. The van der Waals surface area contributed by atoms with Crippen LogP contribution in [0.25, 0.3) is 0 Å². The molecule has 0 radical (unpaired) electrons. The topological polar surface area (TPSA) is 107 Å². The SMILES string of the molecule is COc1ccc(C(=O)N2[C@@H](C(=O)NCc3ccc4c(c3)OCO4)COC23CCN(C(=O)CC(C)C)CC3)cc1. The molecule has 3 aliphatic heterocycles. The van der Waals surface area contributed by atoms with E-state index in [0.717, 1.165) is 5.56 Å². The summed E-state index contributed by atoms with van der Waals surface area (Å²) in [5.41, 5.74) is 0.325. The molecule has 0 saturated carbocycles. The minimum absolute atomic E-state index is 0.0782. The second-order valence-corrected chi connectivity index (χ2v) is 10.6. The van der Waals surface area contributed by atoms with Crippen molar-refractivity contribution in [3.63, 3.8) is 0 Å². The first-order valence-corrected chi connectivity index (χ1v) is 13.4. The van der Waals surface area contributed by atoms with E-state index in [4.69, 9.17) is 18.9 Å². The standard InChI is InChI=1S/C29H35N3O7/c1-19(2)14-26(33)31-12-10-29(11-13-31)32(28(35)21-5-7-22(36-3)8-6-21)23(17-39-29)27(34)30-16-20-4-9-24-25(15-20)38-18-37-24/h4-9,15,19,23H,10-14,16-18H2,1-3H3,(H,30,34)/t23-/m1/s1. The Morgan fingerprint density at radius 1 is 1.05 bits per heavy atom. The highest BCUT2D eigenvalue weighted by atomic mass is 16.7. The number of carbonyl (C=O) groups excluding carboxylic acids is 3. The summed E-state index contributed by atoms with van der Waals surface area (Å²) in [4.78, 5) is 43.5. The molecule has 5 rings (SSSR count). The molecule has 1 spiro atoms. The number of carbonyl (C=O) groups is 3. The van der Waals surface area contributed by atoms with Crippen LogP contribution in [0.3, 0.4) is 0 Å². The van der Waals surface area contributed by atoms with Crippen LogP contribution in [0.15, 0.2) is 42.5 Å². The monoisotopic (exact) mass is 537 g/mol. The summed E-state index contributed by atoms with van der Waals surface area (Å²) < 4.78 is 22.3. The third kappa shape index (κ3) is 5.52. The molecular formula is C29H35N3O7. The van der Waals surface area contributed by atoms with Crippen LogP contribution in [0.2, 0.25) is 0 Å². The van der Waals surface area contributed by atoms with E-state index in [2.05, 4.69) is 5.32 Å². The van der Waals surface area contributed by atoms with Gasteiger partial charge in [0.1, 0.15) is 17.5 Å². The fourth-order valence-corrected chi connectivity index (χ4v) is 5.38. The molecule has 2 aromatic carbocycles. The van der Waals surface area contributed by atoms with Crippen molar-refractivity contribution in [1.29, 1.82) is 0 Å². The first kappa shape index (κ1) is 26.8. The number of benzene rings is 2. The number of fused-ring (bicyclic) bond motifs is 1. The number of ether oxygens (including phenoxy) is 4. The molecule has 3 aliphatic rings. The van der Waals surface area contributed by atoms with Crippen molar-refractivity contribution in [2.24, 2.45) is 5.92 Å². The van der Waals surface area contributed by atoms with Crippen LogP contribution in [0.4, 0.5) is 0 Å². The Morgan fingerprint density at radius 2 is 1.77 bits per heavy atom. The maximum atomic E-state index is 13.9. The zero-order chi connectivity index (χ0) is 27.6. The smallest absolute Gasteiger partial charge is 0.256 e. The van der Waals surface area contributed by atoms with E-state index in [1.54, 1.807) is 36.3 Å². The van der Waals surface area contributed by atoms with E-state index in [1.807, 2.05) is 36.9 Å². The Balaban J connectivity index is 1.34. The summed E-state index contributed by atoms with van der Waals surface area (Å²) in [5.74, 6) is 1.72. The molecule has 0 aliphatic carbocycles. The zero-order valence-corrected chi connectivity index (χ0v) is 22.6. The van der Waals surface area contributed by atoms with Gasteiger partial charge in [0.2, 0.25) is 18.6 Å². The van der Waals surface area contributed by atoms with Crippen LogP contribution >= 0.6 is 0 Å². The summed E-state index contributed by atoms with van der Waals surface area (Å²) in [6, 6.07) is 11.5. The van der Waals surface area contributed by atoms with Crippen LogP contribution in [0, 0.1) is 5.92 Å².